The van der Waals surface area contributed by atoms with Crippen molar-refractivity contribution in [3.8, 4) is 11.4 Å². The molecule has 1 aromatic carbocycles. The number of aromatic nitrogens is 6. The maximum Gasteiger partial charge on any atom is 0.444 e. The van der Waals surface area contributed by atoms with Gasteiger partial charge in [-0.15, -0.1) is 5.10 Å². The number of hydrogen-bond acceptors (Lipinski definition) is 7. The maximum absolute atomic E-state index is 13.0. The topological polar surface area (TPSA) is 128 Å². The van der Waals surface area contributed by atoms with Gasteiger partial charge in [-0.05, 0) is 24.3 Å². The normalized spacial score (nSPS) is 12.4. The minimum atomic E-state index is -5.42. The summed E-state index contributed by atoms with van der Waals surface area (Å²) in [4.78, 5) is 28.4. The van der Waals surface area contributed by atoms with Crippen LogP contribution in [0.25, 0.3) is 11.4 Å². The second kappa shape index (κ2) is 8.21. The lowest BCUT2D eigenvalue weighted by molar-refractivity contribution is -0.353. The van der Waals surface area contributed by atoms with E-state index in [1.807, 2.05) is 0 Å². The van der Waals surface area contributed by atoms with Crippen LogP contribution in [0, 0.1) is 0 Å². The number of halogens is 4. The first-order chi connectivity index (χ1) is 14.3. The highest BCUT2D eigenvalue weighted by Crippen LogP contribution is 2.30. The summed E-state index contributed by atoms with van der Waals surface area (Å²) in [5.74, 6) is -4.65. The second-order valence-electron chi connectivity index (χ2n) is 6.70. The van der Waals surface area contributed by atoms with Gasteiger partial charge in [0.1, 0.15) is 6.54 Å². The van der Waals surface area contributed by atoms with Gasteiger partial charge in [0.25, 0.3) is 5.79 Å². The van der Waals surface area contributed by atoms with Crippen LogP contribution >= 0.6 is 11.6 Å². The number of rotatable bonds is 6. The number of aliphatic hydroxyl groups is 2. The van der Waals surface area contributed by atoms with Gasteiger partial charge >= 0.3 is 28.4 Å². The monoisotopic (exact) mass is 474 g/mol. The van der Waals surface area contributed by atoms with Gasteiger partial charge < -0.3 is 13.9 Å². The summed E-state index contributed by atoms with van der Waals surface area (Å²) in [7, 11) is 0. The van der Waals surface area contributed by atoms with E-state index < -0.39 is 24.2 Å². The highest BCUT2D eigenvalue weighted by atomic mass is 35.5. The van der Waals surface area contributed by atoms with Crippen LogP contribution in [0.15, 0.2) is 29.1 Å². The molecule has 0 saturated heterocycles. The molecule has 3 aromatic rings. The summed E-state index contributed by atoms with van der Waals surface area (Å²) in [6.07, 6.45) is -5.42. The van der Waals surface area contributed by atoms with Crippen LogP contribution in [-0.2, 0) is 13.1 Å². The van der Waals surface area contributed by atoms with Crippen LogP contribution in [-0.4, -0.2) is 72.6 Å². The van der Waals surface area contributed by atoms with E-state index in [2.05, 4.69) is 15.2 Å². The van der Waals surface area contributed by atoms with Crippen LogP contribution in [0.2, 0.25) is 5.02 Å². The summed E-state index contributed by atoms with van der Waals surface area (Å²) in [6, 6.07) is 5.69. The Hall–Kier alpha value is -2.50. The van der Waals surface area contributed by atoms with Crippen molar-refractivity contribution in [3.63, 3.8) is 0 Å². The number of carbonyl (C=O) groups excluding carboxylic acids is 1. The third kappa shape index (κ3) is 4.73. The molecular formula is C16H15AlClF3N6O4. The van der Waals surface area contributed by atoms with E-state index in [9.17, 15) is 33.0 Å². The van der Waals surface area contributed by atoms with Crippen molar-refractivity contribution in [1.82, 2.24) is 28.1 Å². The van der Waals surface area contributed by atoms with Crippen LogP contribution in [0.3, 0.4) is 0 Å². The van der Waals surface area contributed by atoms with Gasteiger partial charge in [0.2, 0.25) is 0 Å². The van der Waals surface area contributed by atoms with Gasteiger partial charge in [0.15, 0.2) is 23.3 Å². The van der Waals surface area contributed by atoms with E-state index in [1.165, 1.54) is 34.9 Å². The van der Waals surface area contributed by atoms with Crippen LogP contribution in [0.1, 0.15) is 23.4 Å². The van der Waals surface area contributed by atoms with Crippen molar-refractivity contribution in [1.29, 1.82) is 0 Å². The Balaban J connectivity index is 2.09. The molecule has 0 radical (unpaired) electrons. The van der Waals surface area contributed by atoms with E-state index in [1.54, 1.807) is 0 Å². The van der Waals surface area contributed by atoms with Crippen molar-refractivity contribution >= 4 is 33.9 Å². The minimum absolute atomic E-state index is 0.0460. The molecule has 164 valence electrons. The first-order valence-corrected chi connectivity index (χ1v) is 9.93. The van der Waals surface area contributed by atoms with Crippen molar-refractivity contribution < 1.29 is 28.2 Å². The number of benzene rings is 1. The fraction of sp³-hybridized carbons (Fsp3) is 0.312. The average molecular weight is 475 g/mol. The lowest BCUT2D eigenvalue weighted by Crippen LogP contribution is -2.50. The molecule has 0 amide bonds. The fourth-order valence-corrected chi connectivity index (χ4v) is 3.53. The predicted molar refractivity (Wildman–Crippen MR) is 103 cm³/mol. The summed E-state index contributed by atoms with van der Waals surface area (Å²) in [5, 5.41) is 27.4. The Labute approximate surface area is 185 Å². The average Bonchev–Trinajstić information content (AvgIpc) is 3.16. The quantitative estimate of drug-likeness (QED) is 0.289. The number of carbonyl (C=O) groups is 1. The molecule has 0 aliphatic heterocycles. The summed E-state index contributed by atoms with van der Waals surface area (Å²) in [5.41, 5.74) is -0.847. The molecule has 0 aliphatic carbocycles. The highest BCUT2D eigenvalue weighted by molar-refractivity contribution is 6.30. The Morgan fingerprint density at radius 2 is 1.81 bits per heavy atom. The Morgan fingerprint density at radius 3 is 2.32 bits per heavy atom. The molecule has 15 heteroatoms. The van der Waals surface area contributed by atoms with E-state index in [0.717, 1.165) is 4.68 Å². The predicted octanol–water partition coefficient (Wildman–Crippen LogP) is -0.153. The zero-order valence-electron chi connectivity index (χ0n) is 16.1. The second-order valence-corrected chi connectivity index (χ2v) is 7.99. The number of hydrogen-bond donors (Lipinski definition) is 2. The zero-order valence-corrected chi connectivity index (χ0v) is 18.9. The third-order valence-electron chi connectivity index (χ3n) is 4.27. The summed E-state index contributed by atoms with van der Waals surface area (Å²) in [6.45, 7) is -0.576. The van der Waals surface area contributed by atoms with Gasteiger partial charge in [0.05, 0.1) is 6.54 Å². The molecule has 2 N–H and O–H groups in total. The molecule has 0 spiro atoms. The standard InChI is InChI=1S/C16H14ClF3N6O4.Al.2H/c1-8(27)12-21-11(22-23-12)6-26-14(28)25(7-15(29,30)16(18,19)20)13(24-26)9-2-4-10(17)5-3-9;;;/h2-5,29-30H,6-7H2,1H3,(H,21,22,23,27);;;/q;+1;;/p-1. The minimum Gasteiger partial charge on any atom is -0.357 e. The highest BCUT2D eigenvalue weighted by Gasteiger charge is 2.53. The Kier molecular flexibility index (Phi) is 6.14. The SMILES string of the molecule is CC(=O)c1nc(Cn2nc(-c3ccc(Cl)cc3)n(CC(O)(O)C(F)(F)F)c2=O)n[n]1[AlH2]. The molecule has 0 fully saturated rings. The van der Waals surface area contributed by atoms with Gasteiger partial charge in [-0.2, -0.15) is 18.3 Å². The molecule has 0 aliphatic rings. The number of nitrogens with zero attached hydrogens (tertiary/aromatic N) is 6. The third-order valence-corrected chi connectivity index (χ3v) is 5.15. The summed E-state index contributed by atoms with van der Waals surface area (Å²) < 4.78 is 41.6. The number of Topliss-reactive ketones (excluding diaryl/α,β-unsaturated/α-hetero) is 1. The van der Waals surface area contributed by atoms with E-state index >= 15 is 0 Å². The molecular weight excluding hydrogens is 460 g/mol. The molecule has 3 rings (SSSR count). The molecule has 0 atom stereocenters. The fourth-order valence-electron chi connectivity index (χ4n) is 2.75. The summed E-state index contributed by atoms with van der Waals surface area (Å²) >= 11 is 6.16. The van der Waals surface area contributed by atoms with E-state index in [0.29, 0.717) is 26.1 Å². The molecule has 0 saturated carbocycles. The van der Waals surface area contributed by atoms with Crippen molar-refractivity contribution in [3.05, 3.63) is 51.4 Å². The van der Waals surface area contributed by atoms with Gasteiger partial charge in [-0.3, -0.25) is 9.36 Å². The smallest absolute Gasteiger partial charge is 0.357 e. The molecule has 2 heterocycles. The molecule has 2 aromatic heterocycles. The number of ketones is 1. The number of alkyl halides is 3. The van der Waals surface area contributed by atoms with Crippen LogP contribution in [0.4, 0.5) is 13.2 Å². The molecule has 0 bridgehead atoms. The lowest BCUT2D eigenvalue weighted by atomic mass is 10.2. The van der Waals surface area contributed by atoms with Crippen molar-refractivity contribution in [2.45, 2.75) is 32.0 Å². The zero-order chi connectivity index (χ0) is 23.1. The van der Waals surface area contributed by atoms with Crippen LogP contribution < -0.4 is 5.69 Å². The van der Waals surface area contributed by atoms with Crippen LogP contribution in [0.5, 0.6) is 0 Å². The first kappa shape index (κ1) is 23.2. The molecule has 31 heavy (non-hydrogen) atoms. The van der Waals surface area contributed by atoms with Crippen molar-refractivity contribution in [2.75, 3.05) is 0 Å². The van der Waals surface area contributed by atoms with E-state index in [4.69, 9.17) is 11.6 Å². The Bertz CT molecular complexity index is 1190. The lowest BCUT2D eigenvalue weighted by Gasteiger charge is -2.24. The first-order valence-electron chi connectivity index (χ1n) is 8.66. The van der Waals surface area contributed by atoms with Crippen molar-refractivity contribution in [2.24, 2.45) is 0 Å². The maximum atomic E-state index is 13.0. The Morgan fingerprint density at radius 1 is 1.19 bits per heavy atom. The molecule has 0 unspecified atom stereocenters. The largest absolute Gasteiger partial charge is 0.444 e. The van der Waals surface area contributed by atoms with Gasteiger partial charge in [0, 0.05) is 17.5 Å². The van der Waals surface area contributed by atoms with E-state index in [-0.39, 0.29) is 35.4 Å². The molecule has 10 nitrogen and oxygen atoms in total. The van der Waals surface area contributed by atoms with Gasteiger partial charge in [-0.1, -0.05) is 11.6 Å². The van der Waals surface area contributed by atoms with Gasteiger partial charge in [-0.25, -0.2) is 14.5 Å².